The number of hydroxylamine groups is 2. The van der Waals surface area contributed by atoms with Crippen LogP contribution in [0.5, 0.6) is 0 Å². The van der Waals surface area contributed by atoms with E-state index in [2.05, 4.69) is 10.2 Å². The fourth-order valence-corrected chi connectivity index (χ4v) is 3.08. The monoisotopic (exact) mass is 264 g/mol. The minimum Gasteiger partial charge on any atom is -0.623 e. The van der Waals surface area contributed by atoms with Crippen molar-refractivity contribution in [1.29, 1.82) is 0 Å². The van der Waals surface area contributed by atoms with Gasteiger partial charge in [0.1, 0.15) is 6.67 Å². The molecule has 0 aliphatic carbocycles. The van der Waals surface area contributed by atoms with E-state index >= 15 is 0 Å². The fourth-order valence-electron chi connectivity index (χ4n) is 1.58. The van der Waals surface area contributed by atoms with E-state index < -0.39 is 21.7 Å². The number of likely N-dealkylation sites (N-methyl/N-ethyl adjacent to an activating group) is 1. The Morgan fingerprint density at radius 2 is 2.38 bits per heavy atom. The molecule has 3 atom stereocenters. The molecular weight excluding hydrogens is 252 g/mol. The van der Waals surface area contributed by atoms with Crippen molar-refractivity contribution in [3.05, 3.63) is 5.21 Å². The zero-order valence-corrected chi connectivity index (χ0v) is 10.5. The van der Waals surface area contributed by atoms with E-state index in [4.69, 9.17) is 0 Å². The van der Waals surface area contributed by atoms with Crippen LogP contribution in [0.15, 0.2) is 4.34 Å². The Hall–Kier alpha value is -0.450. The average molecular weight is 264 g/mol. The van der Waals surface area contributed by atoms with E-state index in [9.17, 15) is 14.5 Å². The lowest BCUT2D eigenvalue weighted by Gasteiger charge is -2.36. The van der Waals surface area contributed by atoms with Crippen molar-refractivity contribution in [1.82, 2.24) is 19.7 Å². The predicted octanol–water partition coefficient (Wildman–Crippen LogP) is -0.698. The predicted molar refractivity (Wildman–Crippen MR) is 60.9 cm³/mol. The van der Waals surface area contributed by atoms with Crippen molar-refractivity contribution in [2.45, 2.75) is 10.6 Å². The molecule has 1 saturated heterocycles. The van der Waals surface area contributed by atoms with Crippen molar-refractivity contribution in [3.63, 3.8) is 0 Å². The molecule has 1 aliphatic heterocycles. The van der Waals surface area contributed by atoms with Gasteiger partial charge in [0, 0.05) is 6.26 Å². The van der Waals surface area contributed by atoms with Crippen LogP contribution in [0.4, 0.5) is 5.13 Å². The molecule has 0 amide bonds. The molecular formula is C7H12N4O3S2. The second-order valence-electron chi connectivity index (χ2n) is 3.76. The van der Waals surface area contributed by atoms with Crippen LogP contribution < -0.4 is 4.65 Å². The second kappa shape index (κ2) is 4.09. The Bertz CT molecular complexity index is 426. The summed E-state index contributed by atoms with van der Waals surface area (Å²) < 4.78 is 10.5. The third kappa shape index (κ3) is 1.90. The number of nitrogens with zero attached hydrogens (tertiary/aromatic N) is 4. The van der Waals surface area contributed by atoms with Gasteiger partial charge in [-0.15, -0.1) is 5.10 Å². The molecule has 0 radical (unpaired) electrons. The van der Waals surface area contributed by atoms with E-state index in [0.717, 1.165) is 11.3 Å². The second-order valence-corrected chi connectivity index (χ2v) is 6.27. The van der Waals surface area contributed by atoms with Gasteiger partial charge in [0.15, 0.2) is 0 Å². The van der Waals surface area contributed by atoms with E-state index in [0.29, 0.717) is 10.9 Å². The van der Waals surface area contributed by atoms with Gasteiger partial charge >= 0.3 is 5.13 Å². The molecule has 1 N–H and O–H groups in total. The van der Waals surface area contributed by atoms with Crippen molar-refractivity contribution in [2.75, 3.05) is 26.5 Å². The highest BCUT2D eigenvalue weighted by atomic mass is 32.2. The third-order valence-electron chi connectivity index (χ3n) is 2.37. The molecule has 0 spiro atoms. The molecule has 2 heterocycles. The lowest BCUT2D eigenvalue weighted by molar-refractivity contribution is 0.0844. The van der Waals surface area contributed by atoms with E-state index in [1.807, 2.05) is 0 Å². The average Bonchev–Trinajstić information content (AvgIpc) is 2.73. The molecule has 1 aromatic heterocycles. The van der Waals surface area contributed by atoms with Crippen LogP contribution in [-0.2, 0) is 10.8 Å². The maximum atomic E-state index is 12.3. The first kappa shape index (κ1) is 12.0. The molecule has 0 bridgehead atoms. The number of quaternary nitrogens is 1. The summed E-state index contributed by atoms with van der Waals surface area (Å²) in [7, 11) is 0.505. The first-order valence-electron chi connectivity index (χ1n) is 4.56. The van der Waals surface area contributed by atoms with Gasteiger partial charge in [0.25, 0.3) is 0 Å². The summed E-state index contributed by atoms with van der Waals surface area (Å²) >= 11 is 0.994. The molecule has 9 heteroatoms. The Labute approximate surface area is 98.9 Å². The smallest absolute Gasteiger partial charge is 0.310 e. The van der Waals surface area contributed by atoms with Crippen LogP contribution in [0.25, 0.3) is 0 Å². The Balaban J connectivity index is 2.32. The summed E-state index contributed by atoms with van der Waals surface area (Å²) in [5.41, 5.74) is 0. The molecule has 7 nitrogen and oxygen atoms in total. The Kier molecular flexibility index (Phi) is 3.07. The van der Waals surface area contributed by atoms with Gasteiger partial charge in [-0.05, 0) is 18.4 Å². The van der Waals surface area contributed by atoms with Gasteiger partial charge < -0.3 is 10.3 Å². The standard InChI is InChI=1S/C7H12N4O3S2/c1-10-3-5(12)11(13,4-10)6-8-9-7(15-6)16(2)14/h5,12H,3-4H2,1-2H3. The van der Waals surface area contributed by atoms with E-state index in [-0.39, 0.29) is 11.8 Å². The summed E-state index contributed by atoms with van der Waals surface area (Å²) in [6.45, 7) is 0.430. The van der Waals surface area contributed by atoms with Crippen LogP contribution in [-0.4, -0.2) is 57.2 Å². The third-order valence-corrected chi connectivity index (χ3v) is 4.73. The Morgan fingerprint density at radius 3 is 2.81 bits per heavy atom. The quantitative estimate of drug-likeness (QED) is 0.561. The zero-order chi connectivity index (χ0) is 11.9. The molecule has 0 saturated carbocycles. The maximum Gasteiger partial charge on any atom is 0.310 e. The van der Waals surface area contributed by atoms with Crippen molar-refractivity contribution < 1.29 is 9.32 Å². The van der Waals surface area contributed by atoms with Crippen LogP contribution in [0.1, 0.15) is 0 Å². The summed E-state index contributed by atoms with van der Waals surface area (Å²) in [4.78, 5) is 1.72. The molecule has 90 valence electrons. The number of aliphatic hydroxyl groups excluding tert-OH is 1. The number of aromatic nitrogens is 2. The lowest BCUT2D eigenvalue weighted by Crippen LogP contribution is -2.48. The molecule has 3 unspecified atom stereocenters. The number of aliphatic hydroxyl groups is 1. The summed E-state index contributed by atoms with van der Waals surface area (Å²) in [5, 5.41) is 29.6. The van der Waals surface area contributed by atoms with E-state index in [1.165, 1.54) is 6.26 Å². The number of β-amino-alcohol motifs (C(OH)–C–C–N with tert-alkyl or cyclic N) is 1. The lowest BCUT2D eigenvalue weighted by atomic mass is 10.5. The van der Waals surface area contributed by atoms with Crippen LogP contribution in [0.3, 0.4) is 0 Å². The first-order chi connectivity index (χ1) is 7.43. The van der Waals surface area contributed by atoms with E-state index in [1.54, 1.807) is 11.9 Å². The van der Waals surface area contributed by atoms with Crippen molar-refractivity contribution >= 4 is 27.3 Å². The molecule has 2 rings (SSSR count). The summed E-state index contributed by atoms with van der Waals surface area (Å²) in [5.74, 6) is 0. The van der Waals surface area contributed by atoms with Crippen LogP contribution >= 0.6 is 11.3 Å². The van der Waals surface area contributed by atoms with Crippen LogP contribution in [0, 0.1) is 5.21 Å². The normalized spacial score (nSPS) is 33.1. The molecule has 0 aromatic carbocycles. The topological polar surface area (TPSA) is 89.4 Å². The molecule has 16 heavy (non-hydrogen) atoms. The zero-order valence-electron chi connectivity index (χ0n) is 8.86. The molecule has 1 aliphatic rings. The van der Waals surface area contributed by atoms with Gasteiger partial charge in [-0.3, -0.25) is 13.8 Å². The highest BCUT2D eigenvalue weighted by Gasteiger charge is 2.41. The first-order valence-corrected chi connectivity index (χ1v) is 6.94. The number of hydrogen-bond acceptors (Lipinski definition) is 7. The van der Waals surface area contributed by atoms with Crippen LogP contribution in [0.2, 0.25) is 0 Å². The van der Waals surface area contributed by atoms with Gasteiger partial charge in [0.05, 0.1) is 17.3 Å². The van der Waals surface area contributed by atoms with Gasteiger partial charge in [0.2, 0.25) is 10.6 Å². The minimum absolute atomic E-state index is 0.131. The summed E-state index contributed by atoms with van der Waals surface area (Å²) in [6, 6.07) is 0. The fraction of sp³-hybridized carbons (Fsp3) is 0.714. The largest absolute Gasteiger partial charge is 0.623 e. The minimum atomic E-state index is -1.25. The molecule has 1 aromatic rings. The van der Waals surface area contributed by atoms with Gasteiger partial charge in [-0.1, -0.05) is 5.10 Å². The highest BCUT2D eigenvalue weighted by Crippen LogP contribution is 2.32. The van der Waals surface area contributed by atoms with Gasteiger partial charge in [-0.25, -0.2) is 0 Å². The number of rotatable bonds is 2. The highest BCUT2D eigenvalue weighted by molar-refractivity contribution is 7.86. The number of hydrogen-bond donors (Lipinski definition) is 1. The van der Waals surface area contributed by atoms with Crippen molar-refractivity contribution in [3.8, 4) is 0 Å². The maximum absolute atomic E-state index is 12.3. The van der Waals surface area contributed by atoms with Gasteiger partial charge in [-0.2, -0.15) is 0 Å². The SMILES string of the molecule is CN1CC(O)[N+]([O-])(c2nnc(S(C)=O)s2)C1. The van der Waals surface area contributed by atoms with Crippen molar-refractivity contribution in [2.24, 2.45) is 0 Å². The molecule has 1 fully saturated rings. The Morgan fingerprint density at radius 1 is 1.69 bits per heavy atom. The summed E-state index contributed by atoms with van der Waals surface area (Å²) in [6.07, 6.45) is 0.419.